The normalized spacial score (nSPS) is 21.9. The number of hydrogen-bond donors (Lipinski definition) is 2. The molecule has 0 aromatic heterocycles. The van der Waals surface area contributed by atoms with Gasteiger partial charge < -0.3 is 20.5 Å². The molecule has 22 heavy (non-hydrogen) atoms. The predicted molar refractivity (Wildman–Crippen MR) is 89.2 cm³/mol. The molecule has 0 spiro atoms. The monoisotopic (exact) mass is 334 g/mol. The zero-order chi connectivity index (χ0) is 14.9. The molecule has 3 N–H and O–H groups in total. The molecule has 130 valence electrons. The van der Waals surface area contributed by atoms with Crippen molar-refractivity contribution >= 4 is 18.3 Å². The van der Waals surface area contributed by atoms with E-state index in [4.69, 9.17) is 15.2 Å². The van der Waals surface area contributed by atoms with E-state index >= 15 is 0 Å². The standard InChI is InChI=1S/C16H30N2O3.ClH/c17-15(13-7-11-20-12-8-13)16(19)18-9-4-10-21-14-5-2-1-3-6-14;/h13-15H,1-12,17H2,(H,18,19);1H. The molecule has 0 aromatic carbocycles. The van der Waals surface area contributed by atoms with Crippen molar-refractivity contribution in [2.45, 2.75) is 63.5 Å². The topological polar surface area (TPSA) is 73.6 Å². The Bertz CT molecular complexity index is 306. The van der Waals surface area contributed by atoms with Crippen molar-refractivity contribution in [1.29, 1.82) is 0 Å². The number of nitrogens with one attached hydrogen (secondary N) is 1. The van der Waals surface area contributed by atoms with Gasteiger partial charge in [0.15, 0.2) is 0 Å². The Morgan fingerprint density at radius 3 is 2.55 bits per heavy atom. The summed E-state index contributed by atoms with van der Waals surface area (Å²) in [6.45, 7) is 2.83. The number of carbonyl (C=O) groups is 1. The van der Waals surface area contributed by atoms with Gasteiger partial charge in [0.05, 0.1) is 12.1 Å². The van der Waals surface area contributed by atoms with Crippen LogP contribution >= 0.6 is 12.4 Å². The molecule has 6 heteroatoms. The number of ether oxygens (including phenoxy) is 2. The Labute approximate surface area is 140 Å². The lowest BCUT2D eigenvalue weighted by Gasteiger charge is -2.26. The van der Waals surface area contributed by atoms with Gasteiger partial charge in [0.1, 0.15) is 0 Å². The lowest BCUT2D eigenvalue weighted by Crippen LogP contribution is -2.47. The summed E-state index contributed by atoms with van der Waals surface area (Å²) in [4.78, 5) is 12.0. The van der Waals surface area contributed by atoms with Gasteiger partial charge in [0.2, 0.25) is 5.91 Å². The first kappa shape index (κ1) is 19.7. The van der Waals surface area contributed by atoms with Crippen LogP contribution in [0.25, 0.3) is 0 Å². The lowest BCUT2D eigenvalue weighted by atomic mass is 9.92. The third kappa shape index (κ3) is 6.82. The molecule has 1 atom stereocenters. The zero-order valence-corrected chi connectivity index (χ0v) is 14.2. The molecule has 1 aliphatic carbocycles. The minimum Gasteiger partial charge on any atom is -0.381 e. The molecule has 2 rings (SSSR count). The SMILES string of the molecule is Cl.NC(C(=O)NCCCOC1CCCCC1)C1CCOCC1. The molecule has 2 aliphatic rings. The molecule has 1 unspecified atom stereocenters. The van der Waals surface area contributed by atoms with E-state index in [1.165, 1.54) is 32.1 Å². The number of halogens is 1. The van der Waals surface area contributed by atoms with Crippen LogP contribution in [0, 0.1) is 5.92 Å². The van der Waals surface area contributed by atoms with Crippen LogP contribution in [-0.4, -0.2) is 44.4 Å². The van der Waals surface area contributed by atoms with Crippen molar-refractivity contribution in [3.05, 3.63) is 0 Å². The second-order valence-corrected chi connectivity index (χ2v) is 6.25. The number of nitrogens with two attached hydrogens (primary N) is 1. The smallest absolute Gasteiger partial charge is 0.237 e. The molecular weight excluding hydrogens is 304 g/mol. The van der Waals surface area contributed by atoms with E-state index in [0.717, 1.165) is 39.1 Å². The van der Waals surface area contributed by atoms with Crippen LogP contribution in [0.2, 0.25) is 0 Å². The molecule has 0 radical (unpaired) electrons. The van der Waals surface area contributed by atoms with Crippen LogP contribution in [-0.2, 0) is 14.3 Å². The highest BCUT2D eigenvalue weighted by atomic mass is 35.5. The minimum absolute atomic E-state index is 0. The summed E-state index contributed by atoms with van der Waals surface area (Å²) in [6, 6.07) is -0.395. The van der Waals surface area contributed by atoms with Crippen LogP contribution in [0.1, 0.15) is 51.4 Å². The lowest BCUT2D eigenvalue weighted by molar-refractivity contribution is -0.124. The van der Waals surface area contributed by atoms with Gasteiger partial charge in [0, 0.05) is 26.4 Å². The van der Waals surface area contributed by atoms with Gasteiger partial charge in [-0.15, -0.1) is 12.4 Å². The van der Waals surface area contributed by atoms with Gasteiger partial charge in [-0.05, 0) is 38.0 Å². The fourth-order valence-electron chi connectivity index (χ4n) is 3.17. The molecule has 1 aliphatic heterocycles. The van der Waals surface area contributed by atoms with E-state index in [1.54, 1.807) is 0 Å². The summed E-state index contributed by atoms with van der Waals surface area (Å²) >= 11 is 0. The first-order valence-electron chi connectivity index (χ1n) is 8.50. The fourth-order valence-corrected chi connectivity index (χ4v) is 3.17. The quantitative estimate of drug-likeness (QED) is 0.699. The molecule has 0 bridgehead atoms. The second kappa shape index (κ2) is 11.2. The van der Waals surface area contributed by atoms with E-state index in [9.17, 15) is 4.79 Å². The van der Waals surface area contributed by atoms with E-state index < -0.39 is 6.04 Å². The van der Waals surface area contributed by atoms with Crippen LogP contribution in [0.5, 0.6) is 0 Å². The second-order valence-electron chi connectivity index (χ2n) is 6.25. The third-order valence-electron chi connectivity index (χ3n) is 4.60. The van der Waals surface area contributed by atoms with E-state index in [1.807, 2.05) is 0 Å². The van der Waals surface area contributed by atoms with Crippen molar-refractivity contribution in [3.63, 3.8) is 0 Å². The van der Waals surface area contributed by atoms with E-state index in [2.05, 4.69) is 5.32 Å². The first-order chi connectivity index (χ1) is 10.3. The number of hydrogen-bond acceptors (Lipinski definition) is 4. The molecule has 1 saturated carbocycles. The van der Waals surface area contributed by atoms with Gasteiger partial charge in [-0.3, -0.25) is 4.79 Å². The van der Waals surface area contributed by atoms with Crippen molar-refractivity contribution in [3.8, 4) is 0 Å². The van der Waals surface area contributed by atoms with Crippen LogP contribution in [0.3, 0.4) is 0 Å². The Hall–Kier alpha value is -0.360. The molecular formula is C16H31ClN2O3. The summed E-state index contributed by atoms with van der Waals surface area (Å²) in [5.74, 6) is 0.233. The summed E-state index contributed by atoms with van der Waals surface area (Å²) in [6.07, 6.45) is 9.41. The van der Waals surface area contributed by atoms with Crippen LogP contribution in [0.15, 0.2) is 0 Å². The average molecular weight is 335 g/mol. The molecule has 1 heterocycles. The molecule has 5 nitrogen and oxygen atoms in total. The highest BCUT2D eigenvalue weighted by Gasteiger charge is 2.26. The van der Waals surface area contributed by atoms with Gasteiger partial charge in [0.25, 0.3) is 0 Å². The van der Waals surface area contributed by atoms with Crippen molar-refractivity contribution in [1.82, 2.24) is 5.32 Å². The largest absolute Gasteiger partial charge is 0.381 e. The average Bonchev–Trinajstić information content (AvgIpc) is 2.55. The Kier molecular flexibility index (Phi) is 10.0. The maximum Gasteiger partial charge on any atom is 0.237 e. The highest BCUT2D eigenvalue weighted by Crippen LogP contribution is 2.20. The van der Waals surface area contributed by atoms with E-state index in [-0.39, 0.29) is 24.2 Å². The van der Waals surface area contributed by atoms with Crippen LogP contribution in [0.4, 0.5) is 0 Å². The highest BCUT2D eigenvalue weighted by molar-refractivity contribution is 5.85. The Morgan fingerprint density at radius 1 is 1.18 bits per heavy atom. The van der Waals surface area contributed by atoms with Crippen molar-refractivity contribution in [2.24, 2.45) is 11.7 Å². The summed E-state index contributed by atoms with van der Waals surface area (Å²) in [5, 5.41) is 2.93. The molecule has 2 fully saturated rings. The Morgan fingerprint density at radius 2 is 1.86 bits per heavy atom. The van der Waals surface area contributed by atoms with Gasteiger partial charge >= 0.3 is 0 Å². The van der Waals surface area contributed by atoms with E-state index in [0.29, 0.717) is 12.6 Å². The van der Waals surface area contributed by atoms with Gasteiger partial charge in [-0.2, -0.15) is 0 Å². The fraction of sp³-hybridized carbons (Fsp3) is 0.938. The summed E-state index contributed by atoms with van der Waals surface area (Å²) < 4.78 is 11.1. The third-order valence-corrected chi connectivity index (χ3v) is 4.60. The number of carbonyl (C=O) groups excluding carboxylic acids is 1. The minimum atomic E-state index is -0.395. The van der Waals surface area contributed by atoms with Gasteiger partial charge in [-0.25, -0.2) is 0 Å². The molecule has 1 amide bonds. The first-order valence-corrected chi connectivity index (χ1v) is 8.50. The maximum absolute atomic E-state index is 12.0. The maximum atomic E-state index is 12.0. The van der Waals surface area contributed by atoms with Crippen molar-refractivity contribution < 1.29 is 14.3 Å². The molecule has 0 aromatic rings. The predicted octanol–water partition coefficient (Wildman–Crippen LogP) is 2.02. The zero-order valence-electron chi connectivity index (χ0n) is 13.4. The number of amides is 1. The summed E-state index contributed by atoms with van der Waals surface area (Å²) in [5.41, 5.74) is 6.02. The van der Waals surface area contributed by atoms with Gasteiger partial charge in [-0.1, -0.05) is 19.3 Å². The van der Waals surface area contributed by atoms with Crippen LogP contribution < -0.4 is 11.1 Å². The Balaban J connectivity index is 0.00000242. The summed E-state index contributed by atoms with van der Waals surface area (Å²) in [7, 11) is 0. The van der Waals surface area contributed by atoms with Crippen molar-refractivity contribution in [2.75, 3.05) is 26.4 Å². The number of rotatable bonds is 7. The molecule has 1 saturated heterocycles.